The molecule has 3 aromatic rings. The number of aryl methyl sites for hydroxylation is 1. The van der Waals surface area contributed by atoms with Crippen molar-refractivity contribution in [2.75, 3.05) is 0 Å². The van der Waals surface area contributed by atoms with Crippen molar-refractivity contribution in [1.29, 1.82) is 0 Å². The number of nitrogens with zero attached hydrogens (tertiary/aromatic N) is 3. The highest BCUT2D eigenvalue weighted by Gasteiger charge is 2.10. The van der Waals surface area contributed by atoms with E-state index in [-0.39, 0.29) is 6.61 Å². The molecule has 0 saturated heterocycles. The van der Waals surface area contributed by atoms with Gasteiger partial charge in [-0.25, -0.2) is 9.78 Å². The maximum atomic E-state index is 11.9. The number of carbonyl (C=O) groups is 1. The first-order valence-electron chi connectivity index (χ1n) is 6.68. The zero-order valence-corrected chi connectivity index (χ0v) is 12.7. The van der Waals surface area contributed by atoms with Crippen molar-refractivity contribution in [2.45, 2.75) is 13.5 Å². The van der Waals surface area contributed by atoms with E-state index in [4.69, 9.17) is 4.74 Å². The van der Waals surface area contributed by atoms with E-state index in [0.29, 0.717) is 11.3 Å². The number of hydrogen-bond donors (Lipinski definition) is 0. The summed E-state index contributed by atoms with van der Waals surface area (Å²) in [5.74, 6) is -0.403. The van der Waals surface area contributed by atoms with Gasteiger partial charge in [-0.2, -0.15) is 0 Å². The molecule has 0 amide bonds. The lowest BCUT2D eigenvalue weighted by Crippen LogP contribution is -2.06. The minimum absolute atomic E-state index is 0.135. The molecule has 3 rings (SSSR count). The van der Waals surface area contributed by atoms with Crippen LogP contribution in [0.5, 0.6) is 0 Å². The van der Waals surface area contributed by atoms with Crippen LogP contribution < -0.4 is 0 Å². The zero-order valence-electron chi connectivity index (χ0n) is 11.9. The van der Waals surface area contributed by atoms with Crippen LogP contribution in [0.25, 0.3) is 10.7 Å². The minimum Gasteiger partial charge on any atom is -0.456 e. The van der Waals surface area contributed by atoms with Gasteiger partial charge in [0, 0.05) is 23.5 Å². The summed E-state index contributed by atoms with van der Waals surface area (Å²) in [6, 6.07) is 9.14. The number of rotatable bonds is 4. The smallest absolute Gasteiger partial charge is 0.340 e. The predicted octanol–water partition coefficient (Wildman–Crippen LogP) is 3.27. The Bertz CT molecular complexity index is 770. The second kappa shape index (κ2) is 6.44. The molecule has 110 valence electrons. The molecule has 5 nitrogen and oxygen atoms in total. The molecule has 0 fully saturated rings. The van der Waals surface area contributed by atoms with E-state index >= 15 is 0 Å². The van der Waals surface area contributed by atoms with Crippen LogP contribution in [-0.4, -0.2) is 20.9 Å². The van der Waals surface area contributed by atoms with Gasteiger partial charge in [0.15, 0.2) is 0 Å². The molecule has 0 aliphatic rings. The molecule has 0 aliphatic heterocycles. The van der Waals surface area contributed by atoms with Gasteiger partial charge in [0.25, 0.3) is 0 Å². The zero-order chi connectivity index (χ0) is 15.4. The highest BCUT2D eigenvalue weighted by molar-refractivity contribution is 7.13. The molecule has 0 radical (unpaired) electrons. The molecule has 0 unspecified atom stereocenters. The molecule has 0 bridgehead atoms. The van der Waals surface area contributed by atoms with E-state index in [1.165, 1.54) is 17.5 Å². The van der Waals surface area contributed by atoms with Crippen LogP contribution in [0.1, 0.15) is 21.7 Å². The van der Waals surface area contributed by atoms with Gasteiger partial charge < -0.3 is 4.74 Å². The molecule has 0 saturated carbocycles. The normalized spacial score (nSPS) is 10.4. The number of thiazole rings is 1. The number of esters is 1. The summed E-state index contributed by atoms with van der Waals surface area (Å²) in [5, 5.41) is 2.67. The summed E-state index contributed by atoms with van der Waals surface area (Å²) in [4.78, 5) is 24.7. The number of hydrogen-bond acceptors (Lipinski definition) is 6. The summed E-state index contributed by atoms with van der Waals surface area (Å²) < 4.78 is 5.25. The van der Waals surface area contributed by atoms with Crippen molar-refractivity contribution in [3.05, 3.63) is 65.1 Å². The van der Waals surface area contributed by atoms with Crippen LogP contribution in [0.3, 0.4) is 0 Å². The quantitative estimate of drug-likeness (QED) is 0.692. The molecule has 0 aromatic carbocycles. The second-order valence-electron chi connectivity index (χ2n) is 4.62. The Labute approximate surface area is 131 Å². The average Bonchev–Trinajstić information content (AvgIpc) is 3.03. The van der Waals surface area contributed by atoms with Crippen LogP contribution in [-0.2, 0) is 11.3 Å². The monoisotopic (exact) mass is 311 g/mol. The lowest BCUT2D eigenvalue weighted by Gasteiger charge is -2.02. The maximum Gasteiger partial charge on any atom is 0.340 e. The van der Waals surface area contributed by atoms with Gasteiger partial charge in [0.05, 0.1) is 17.0 Å². The topological polar surface area (TPSA) is 65.0 Å². The number of aromatic nitrogens is 3. The van der Waals surface area contributed by atoms with E-state index in [2.05, 4.69) is 15.0 Å². The summed E-state index contributed by atoms with van der Waals surface area (Å²) in [7, 11) is 0. The molecule has 0 atom stereocenters. The summed E-state index contributed by atoms with van der Waals surface area (Å²) >= 11 is 1.47. The van der Waals surface area contributed by atoms with Crippen molar-refractivity contribution in [3.8, 4) is 10.7 Å². The average molecular weight is 311 g/mol. The van der Waals surface area contributed by atoms with Gasteiger partial charge in [-0.3, -0.25) is 9.97 Å². The molecule has 0 spiro atoms. The molecular formula is C16H13N3O2S. The highest BCUT2D eigenvalue weighted by atomic mass is 32.1. The van der Waals surface area contributed by atoms with Crippen LogP contribution in [0.2, 0.25) is 0 Å². The Morgan fingerprint density at radius 3 is 2.86 bits per heavy atom. The molecule has 3 heterocycles. The van der Waals surface area contributed by atoms with Crippen molar-refractivity contribution in [1.82, 2.24) is 15.0 Å². The molecule has 0 N–H and O–H groups in total. The SMILES string of the molecule is Cc1ccc(C(=O)OCc2csc(-c3ccccn3)n2)cn1. The molecule has 0 aliphatic carbocycles. The van der Waals surface area contributed by atoms with Gasteiger partial charge in [-0.05, 0) is 31.2 Å². The highest BCUT2D eigenvalue weighted by Crippen LogP contribution is 2.21. The molecule has 6 heteroatoms. The standard InChI is InChI=1S/C16H13N3O2S/c1-11-5-6-12(8-18-11)16(20)21-9-13-10-22-15(19-13)14-4-2-3-7-17-14/h2-8,10H,9H2,1H3. The Kier molecular flexibility index (Phi) is 4.20. The maximum absolute atomic E-state index is 11.9. The third-order valence-corrected chi connectivity index (χ3v) is 3.85. The number of ether oxygens (including phenoxy) is 1. The lowest BCUT2D eigenvalue weighted by molar-refractivity contribution is 0.0468. The van der Waals surface area contributed by atoms with Crippen LogP contribution in [0.15, 0.2) is 48.1 Å². The fraction of sp³-hybridized carbons (Fsp3) is 0.125. The van der Waals surface area contributed by atoms with Crippen molar-refractivity contribution < 1.29 is 9.53 Å². The molecular weight excluding hydrogens is 298 g/mol. The first kappa shape index (κ1) is 14.3. The third-order valence-electron chi connectivity index (χ3n) is 2.93. The molecule has 22 heavy (non-hydrogen) atoms. The summed E-state index contributed by atoms with van der Waals surface area (Å²) in [5.41, 5.74) is 2.81. The second-order valence-corrected chi connectivity index (χ2v) is 5.48. The molecule has 3 aromatic heterocycles. The Balaban J connectivity index is 1.64. The van der Waals surface area contributed by atoms with Gasteiger partial charge in [0.2, 0.25) is 0 Å². The fourth-order valence-corrected chi connectivity index (χ4v) is 2.57. The fourth-order valence-electron chi connectivity index (χ4n) is 1.79. The van der Waals surface area contributed by atoms with E-state index in [1.807, 2.05) is 30.5 Å². The van der Waals surface area contributed by atoms with Crippen molar-refractivity contribution >= 4 is 17.3 Å². The third kappa shape index (κ3) is 3.35. The predicted molar refractivity (Wildman–Crippen MR) is 83.4 cm³/mol. The number of pyridine rings is 2. The van der Waals surface area contributed by atoms with Crippen molar-refractivity contribution in [3.63, 3.8) is 0 Å². The van der Waals surface area contributed by atoms with Gasteiger partial charge in [-0.1, -0.05) is 6.07 Å². The Morgan fingerprint density at radius 1 is 1.23 bits per heavy atom. The Hall–Kier alpha value is -2.60. The van der Waals surface area contributed by atoms with Gasteiger partial charge >= 0.3 is 5.97 Å². The van der Waals surface area contributed by atoms with Crippen molar-refractivity contribution in [2.24, 2.45) is 0 Å². The van der Waals surface area contributed by atoms with Gasteiger partial charge in [-0.15, -0.1) is 11.3 Å². The summed E-state index contributed by atoms with van der Waals surface area (Å²) in [6.45, 7) is 2.00. The van der Waals surface area contributed by atoms with E-state index in [1.54, 1.807) is 18.3 Å². The Morgan fingerprint density at radius 2 is 2.14 bits per heavy atom. The first-order valence-corrected chi connectivity index (χ1v) is 7.56. The minimum atomic E-state index is -0.403. The van der Waals surface area contributed by atoms with Gasteiger partial charge in [0.1, 0.15) is 11.6 Å². The lowest BCUT2D eigenvalue weighted by atomic mass is 10.2. The van der Waals surface area contributed by atoms with Crippen LogP contribution >= 0.6 is 11.3 Å². The van der Waals surface area contributed by atoms with Crippen LogP contribution in [0.4, 0.5) is 0 Å². The van der Waals surface area contributed by atoms with Crippen LogP contribution in [0, 0.1) is 6.92 Å². The van der Waals surface area contributed by atoms with E-state index < -0.39 is 5.97 Å². The summed E-state index contributed by atoms with van der Waals surface area (Å²) in [6.07, 6.45) is 3.23. The van der Waals surface area contributed by atoms with E-state index in [9.17, 15) is 4.79 Å². The largest absolute Gasteiger partial charge is 0.456 e. The first-order chi connectivity index (χ1) is 10.7. The van der Waals surface area contributed by atoms with E-state index in [0.717, 1.165) is 16.4 Å². The number of carbonyl (C=O) groups excluding carboxylic acids is 1.